The van der Waals surface area contributed by atoms with Crippen LogP contribution < -0.4 is 5.73 Å². The van der Waals surface area contributed by atoms with Gasteiger partial charge in [-0.3, -0.25) is 10.1 Å². The van der Waals surface area contributed by atoms with Crippen molar-refractivity contribution in [2.75, 3.05) is 0 Å². The molecule has 0 aliphatic heterocycles. The van der Waals surface area contributed by atoms with Crippen molar-refractivity contribution in [1.82, 2.24) is 0 Å². The van der Waals surface area contributed by atoms with Gasteiger partial charge in [-0.15, -0.1) is 0 Å². The summed E-state index contributed by atoms with van der Waals surface area (Å²) in [5.74, 6) is 0. The average molecular weight is 268 g/mol. The Morgan fingerprint density at radius 1 is 1.65 bits per heavy atom. The van der Waals surface area contributed by atoms with E-state index < -0.39 is 4.92 Å². The molecule has 2 N–H and O–H groups in total. The molecule has 0 amide bonds. The fourth-order valence-corrected chi connectivity index (χ4v) is 1.35. The van der Waals surface area contributed by atoms with Gasteiger partial charge in [-0.05, 0) is 12.1 Å². The van der Waals surface area contributed by atoms with Crippen LogP contribution in [0.4, 0.5) is 5.69 Å². The number of hydrogen-bond acceptors (Lipinski definition) is 4. The lowest BCUT2D eigenvalue weighted by atomic mass is 10.1. The number of nitrogens with zero attached hydrogens (tertiary/aromatic N) is 2. The molecule has 17 heavy (non-hydrogen) atoms. The van der Waals surface area contributed by atoms with Crippen LogP contribution in [0.5, 0.6) is 0 Å². The molecule has 1 aromatic carbocycles. The maximum atomic E-state index is 10.6. The highest BCUT2D eigenvalue weighted by Gasteiger charge is 2.09. The SMILES string of the molecule is N#C/C(=C/c1cc([N+](=O)[O-])ccc1Cl)C(N)=S. The Labute approximate surface area is 107 Å². The first kappa shape index (κ1) is 13.1. The predicted octanol–water partition coefficient (Wildman–Crippen LogP) is 2.44. The van der Waals surface area contributed by atoms with E-state index in [-0.39, 0.29) is 21.3 Å². The summed E-state index contributed by atoms with van der Waals surface area (Å²) < 4.78 is 0. The maximum absolute atomic E-state index is 10.6. The van der Waals surface area contributed by atoms with E-state index in [9.17, 15) is 10.1 Å². The summed E-state index contributed by atoms with van der Waals surface area (Å²) in [6, 6.07) is 5.69. The third-order valence-electron chi connectivity index (χ3n) is 1.88. The lowest BCUT2D eigenvalue weighted by Crippen LogP contribution is -2.09. The van der Waals surface area contributed by atoms with E-state index >= 15 is 0 Å². The number of nitro groups is 1. The summed E-state index contributed by atoms with van der Waals surface area (Å²) in [6.07, 6.45) is 1.32. The third-order valence-corrected chi connectivity index (χ3v) is 2.44. The van der Waals surface area contributed by atoms with Crippen molar-refractivity contribution in [2.45, 2.75) is 0 Å². The van der Waals surface area contributed by atoms with Gasteiger partial charge in [-0.2, -0.15) is 5.26 Å². The van der Waals surface area contributed by atoms with Crippen LogP contribution >= 0.6 is 23.8 Å². The third kappa shape index (κ3) is 3.24. The van der Waals surface area contributed by atoms with Crippen LogP contribution in [0.3, 0.4) is 0 Å². The van der Waals surface area contributed by atoms with Crippen molar-refractivity contribution >= 4 is 40.6 Å². The lowest BCUT2D eigenvalue weighted by molar-refractivity contribution is -0.384. The molecule has 0 radical (unpaired) electrons. The fourth-order valence-electron chi connectivity index (χ4n) is 1.07. The van der Waals surface area contributed by atoms with Gasteiger partial charge in [0.05, 0.1) is 10.5 Å². The number of nitrogens with two attached hydrogens (primary N) is 1. The Morgan fingerprint density at radius 2 is 2.29 bits per heavy atom. The summed E-state index contributed by atoms with van der Waals surface area (Å²) in [5.41, 5.74) is 5.55. The normalized spacial score (nSPS) is 10.7. The summed E-state index contributed by atoms with van der Waals surface area (Å²) >= 11 is 10.5. The zero-order valence-electron chi connectivity index (χ0n) is 8.38. The number of hydrogen-bond donors (Lipinski definition) is 1. The minimum Gasteiger partial charge on any atom is -0.389 e. The zero-order valence-corrected chi connectivity index (χ0v) is 9.96. The Kier molecular flexibility index (Phi) is 4.15. The standard InChI is InChI=1S/C10H6ClN3O2S/c11-9-2-1-8(14(15)16)4-6(9)3-7(5-12)10(13)17/h1-4H,(H2,13,17)/b7-3-. The van der Waals surface area contributed by atoms with Crippen molar-refractivity contribution in [3.8, 4) is 6.07 Å². The molecule has 7 heteroatoms. The Hall–Kier alpha value is -1.97. The molecule has 0 spiro atoms. The molecule has 0 bridgehead atoms. The van der Waals surface area contributed by atoms with Gasteiger partial charge in [0, 0.05) is 22.7 Å². The van der Waals surface area contributed by atoms with E-state index in [1.807, 2.05) is 0 Å². The zero-order chi connectivity index (χ0) is 13.0. The van der Waals surface area contributed by atoms with E-state index in [4.69, 9.17) is 22.6 Å². The predicted molar refractivity (Wildman–Crippen MR) is 68.5 cm³/mol. The minimum atomic E-state index is -0.555. The number of nitro benzene ring substituents is 1. The monoisotopic (exact) mass is 267 g/mol. The molecule has 0 heterocycles. The smallest absolute Gasteiger partial charge is 0.270 e. The topological polar surface area (TPSA) is 92.9 Å². The van der Waals surface area contributed by atoms with Crippen molar-refractivity contribution in [3.05, 3.63) is 44.5 Å². The van der Waals surface area contributed by atoms with Crippen molar-refractivity contribution < 1.29 is 4.92 Å². The second kappa shape index (κ2) is 5.39. The van der Waals surface area contributed by atoms with Gasteiger partial charge >= 0.3 is 0 Å². The molecule has 0 saturated carbocycles. The van der Waals surface area contributed by atoms with Crippen LogP contribution in [0.1, 0.15) is 5.56 Å². The molecule has 0 aromatic heterocycles. The molecule has 0 aliphatic rings. The first-order valence-corrected chi connectivity index (χ1v) is 5.10. The van der Waals surface area contributed by atoms with Crippen LogP contribution in [0, 0.1) is 21.4 Å². The second-order valence-corrected chi connectivity index (χ2v) is 3.84. The largest absolute Gasteiger partial charge is 0.389 e. The van der Waals surface area contributed by atoms with Crippen LogP contribution in [0.15, 0.2) is 23.8 Å². The fraction of sp³-hybridized carbons (Fsp3) is 0. The highest BCUT2D eigenvalue weighted by molar-refractivity contribution is 7.80. The van der Waals surface area contributed by atoms with Crippen molar-refractivity contribution in [2.24, 2.45) is 5.73 Å². The molecular formula is C10H6ClN3O2S. The number of thiocarbonyl (C=S) groups is 1. The molecule has 0 atom stereocenters. The van der Waals surface area contributed by atoms with Gasteiger partial charge in [0.1, 0.15) is 11.1 Å². The molecule has 5 nitrogen and oxygen atoms in total. The molecule has 0 saturated heterocycles. The number of halogens is 1. The van der Waals surface area contributed by atoms with Gasteiger partial charge in [-0.25, -0.2) is 0 Å². The summed E-state index contributed by atoms with van der Waals surface area (Å²) in [4.78, 5) is 9.94. The van der Waals surface area contributed by atoms with Gasteiger partial charge in [-0.1, -0.05) is 23.8 Å². The van der Waals surface area contributed by atoms with Gasteiger partial charge < -0.3 is 5.73 Å². The van der Waals surface area contributed by atoms with E-state index in [1.54, 1.807) is 6.07 Å². The first-order valence-electron chi connectivity index (χ1n) is 4.31. The summed E-state index contributed by atoms with van der Waals surface area (Å²) in [6.45, 7) is 0. The maximum Gasteiger partial charge on any atom is 0.270 e. The molecule has 0 aliphatic carbocycles. The van der Waals surface area contributed by atoms with E-state index in [0.717, 1.165) is 0 Å². The molecule has 1 aromatic rings. The van der Waals surface area contributed by atoms with Gasteiger partial charge in [0.15, 0.2) is 0 Å². The van der Waals surface area contributed by atoms with Crippen LogP contribution in [0.2, 0.25) is 5.02 Å². The molecular weight excluding hydrogens is 262 g/mol. The van der Waals surface area contributed by atoms with E-state index in [2.05, 4.69) is 12.2 Å². The van der Waals surface area contributed by atoms with E-state index in [0.29, 0.717) is 5.56 Å². The van der Waals surface area contributed by atoms with Crippen molar-refractivity contribution in [1.29, 1.82) is 5.26 Å². The van der Waals surface area contributed by atoms with Crippen LogP contribution in [0.25, 0.3) is 6.08 Å². The number of rotatable bonds is 3. The second-order valence-electron chi connectivity index (χ2n) is 3.00. The average Bonchev–Trinajstić information content (AvgIpc) is 2.27. The number of benzene rings is 1. The van der Waals surface area contributed by atoms with Crippen LogP contribution in [-0.4, -0.2) is 9.91 Å². The van der Waals surface area contributed by atoms with Gasteiger partial charge in [0.2, 0.25) is 0 Å². The Morgan fingerprint density at radius 3 is 2.76 bits per heavy atom. The quantitative estimate of drug-likeness (QED) is 0.298. The lowest BCUT2D eigenvalue weighted by Gasteiger charge is -2.00. The number of non-ortho nitro benzene ring substituents is 1. The molecule has 1 rings (SSSR count). The molecule has 0 unspecified atom stereocenters. The number of nitriles is 1. The summed E-state index contributed by atoms with van der Waals surface area (Å²) in [7, 11) is 0. The molecule has 86 valence electrons. The molecule has 0 fully saturated rings. The van der Waals surface area contributed by atoms with Gasteiger partial charge in [0.25, 0.3) is 5.69 Å². The summed E-state index contributed by atoms with van der Waals surface area (Å²) in [5, 5.41) is 19.6. The highest BCUT2D eigenvalue weighted by atomic mass is 35.5. The van der Waals surface area contributed by atoms with E-state index in [1.165, 1.54) is 24.3 Å². The Bertz CT molecular complexity index is 563. The highest BCUT2D eigenvalue weighted by Crippen LogP contribution is 2.24. The van der Waals surface area contributed by atoms with Crippen LogP contribution in [-0.2, 0) is 0 Å². The Balaban J connectivity index is 3.32. The van der Waals surface area contributed by atoms with Crippen molar-refractivity contribution in [3.63, 3.8) is 0 Å². The minimum absolute atomic E-state index is 0.0439. The first-order chi connectivity index (χ1) is 7.95.